The smallest absolute Gasteiger partial charge is 0.299 e. The summed E-state index contributed by atoms with van der Waals surface area (Å²) in [6, 6.07) is 11.2. The number of hydrogen-bond acceptors (Lipinski definition) is 6. The van der Waals surface area contributed by atoms with Crippen molar-refractivity contribution in [3.05, 3.63) is 74.3 Å². The molecule has 1 atom stereocenters. The quantitative estimate of drug-likeness (QED) is 0.587. The van der Waals surface area contributed by atoms with E-state index >= 15 is 0 Å². The first-order valence-corrected chi connectivity index (χ1v) is 6.91. The van der Waals surface area contributed by atoms with Crippen LogP contribution in [0, 0.1) is 20.2 Å². The highest BCUT2D eigenvalue weighted by Gasteiger charge is 2.23. The Hall–Kier alpha value is -3.49. The van der Waals surface area contributed by atoms with Crippen LogP contribution in [0.2, 0.25) is 0 Å². The molecule has 0 aliphatic rings. The van der Waals surface area contributed by atoms with Gasteiger partial charge in [-0.25, -0.2) is 0 Å². The molecule has 0 heterocycles. The molecule has 2 aromatic carbocycles. The molecule has 9 nitrogen and oxygen atoms in total. The van der Waals surface area contributed by atoms with Gasteiger partial charge in [0.25, 0.3) is 11.4 Å². The average molecular weight is 330 g/mol. The highest BCUT2D eigenvalue weighted by molar-refractivity contribution is 5.84. The lowest BCUT2D eigenvalue weighted by atomic mass is 10.0. The van der Waals surface area contributed by atoms with Gasteiger partial charge in [-0.3, -0.25) is 25.0 Å². The molecule has 1 amide bonds. The van der Waals surface area contributed by atoms with E-state index < -0.39 is 33.2 Å². The van der Waals surface area contributed by atoms with Crippen LogP contribution in [0.15, 0.2) is 48.5 Å². The molecule has 2 aromatic rings. The maximum absolute atomic E-state index is 11.6. The lowest BCUT2D eigenvalue weighted by Crippen LogP contribution is -2.37. The molecule has 0 aliphatic carbocycles. The maximum atomic E-state index is 11.6. The fourth-order valence-electron chi connectivity index (χ4n) is 2.17. The van der Waals surface area contributed by atoms with Gasteiger partial charge >= 0.3 is 0 Å². The number of amides is 1. The third-order valence-electron chi connectivity index (χ3n) is 3.34. The molecule has 9 heteroatoms. The molecule has 124 valence electrons. The number of primary amides is 1. The first-order valence-electron chi connectivity index (χ1n) is 6.91. The predicted octanol–water partition coefficient (Wildman–Crippen LogP) is 2.01. The second-order valence-corrected chi connectivity index (χ2v) is 5.00. The van der Waals surface area contributed by atoms with E-state index in [0.29, 0.717) is 0 Å². The number of nitro groups is 2. The largest absolute Gasteiger partial charge is 0.368 e. The Balaban J connectivity index is 2.30. The van der Waals surface area contributed by atoms with Crippen molar-refractivity contribution in [3.8, 4) is 0 Å². The molecule has 0 aromatic heterocycles. The Morgan fingerprint density at radius 3 is 2.29 bits per heavy atom. The SMILES string of the molecule is NC(=O)[C@@H](Cc1ccccc1)Nc1ccc([N+](=O)[O-])cc1[N+](=O)[O-]. The zero-order valence-corrected chi connectivity index (χ0v) is 12.4. The molecule has 24 heavy (non-hydrogen) atoms. The summed E-state index contributed by atoms with van der Waals surface area (Å²) in [7, 11) is 0. The van der Waals surface area contributed by atoms with Gasteiger partial charge in [-0.05, 0) is 11.6 Å². The first kappa shape index (κ1) is 16.9. The van der Waals surface area contributed by atoms with Crippen molar-refractivity contribution >= 4 is 23.0 Å². The minimum absolute atomic E-state index is 0.00895. The Morgan fingerprint density at radius 1 is 1.08 bits per heavy atom. The zero-order valence-electron chi connectivity index (χ0n) is 12.4. The van der Waals surface area contributed by atoms with Gasteiger partial charge in [0, 0.05) is 12.5 Å². The van der Waals surface area contributed by atoms with Gasteiger partial charge in [0.1, 0.15) is 11.7 Å². The van der Waals surface area contributed by atoms with Crippen molar-refractivity contribution in [1.29, 1.82) is 0 Å². The summed E-state index contributed by atoms with van der Waals surface area (Å²) in [4.78, 5) is 32.0. The van der Waals surface area contributed by atoms with Gasteiger partial charge in [0.15, 0.2) is 0 Å². The van der Waals surface area contributed by atoms with Gasteiger partial charge in [-0.2, -0.15) is 0 Å². The number of rotatable bonds is 7. The highest BCUT2D eigenvalue weighted by Crippen LogP contribution is 2.29. The lowest BCUT2D eigenvalue weighted by molar-refractivity contribution is -0.393. The molecule has 0 radical (unpaired) electrons. The minimum atomic E-state index is -0.896. The van der Waals surface area contributed by atoms with Crippen molar-refractivity contribution in [2.24, 2.45) is 5.73 Å². The number of nitro benzene ring substituents is 2. The monoisotopic (exact) mass is 330 g/mol. The van der Waals surface area contributed by atoms with Crippen LogP contribution in [0.3, 0.4) is 0 Å². The van der Waals surface area contributed by atoms with Crippen LogP contribution < -0.4 is 11.1 Å². The number of carbonyl (C=O) groups excluding carboxylic acids is 1. The lowest BCUT2D eigenvalue weighted by Gasteiger charge is -2.16. The second kappa shape index (κ2) is 7.18. The van der Waals surface area contributed by atoms with Crippen molar-refractivity contribution in [2.45, 2.75) is 12.5 Å². The van der Waals surface area contributed by atoms with E-state index in [1.165, 1.54) is 6.07 Å². The Kier molecular flexibility index (Phi) is 5.05. The van der Waals surface area contributed by atoms with Crippen LogP contribution in [0.5, 0.6) is 0 Å². The topological polar surface area (TPSA) is 141 Å². The fourth-order valence-corrected chi connectivity index (χ4v) is 2.17. The van der Waals surface area contributed by atoms with Crippen LogP contribution in [0.1, 0.15) is 5.56 Å². The second-order valence-electron chi connectivity index (χ2n) is 5.00. The van der Waals surface area contributed by atoms with Crippen molar-refractivity contribution in [3.63, 3.8) is 0 Å². The van der Waals surface area contributed by atoms with Crippen molar-refractivity contribution < 1.29 is 14.6 Å². The van der Waals surface area contributed by atoms with Gasteiger partial charge in [-0.1, -0.05) is 30.3 Å². The third-order valence-corrected chi connectivity index (χ3v) is 3.34. The van der Waals surface area contributed by atoms with E-state index in [9.17, 15) is 25.0 Å². The molecule has 0 saturated heterocycles. The van der Waals surface area contributed by atoms with Crippen LogP contribution in [0.4, 0.5) is 17.1 Å². The van der Waals surface area contributed by atoms with Crippen LogP contribution in [-0.2, 0) is 11.2 Å². The summed E-state index contributed by atoms with van der Waals surface area (Å²) < 4.78 is 0. The number of nitrogens with zero attached hydrogens (tertiary/aromatic N) is 2. The molecule has 0 spiro atoms. The molecular weight excluding hydrogens is 316 g/mol. The maximum Gasteiger partial charge on any atom is 0.299 e. The zero-order chi connectivity index (χ0) is 17.7. The standard InChI is InChI=1S/C15H14N4O5/c16-15(20)13(8-10-4-2-1-3-5-10)17-12-7-6-11(18(21)22)9-14(12)19(23)24/h1-7,9,13,17H,8H2,(H2,16,20)/t13-/m1/s1. The van der Waals surface area contributed by atoms with E-state index in [1.807, 2.05) is 6.07 Å². The van der Waals surface area contributed by atoms with E-state index in [1.54, 1.807) is 24.3 Å². The summed E-state index contributed by atoms with van der Waals surface area (Å²) in [5.74, 6) is -0.688. The summed E-state index contributed by atoms with van der Waals surface area (Å²) in [5.41, 5.74) is 5.26. The Morgan fingerprint density at radius 2 is 1.75 bits per heavy atom. The van der Waals surface area contributed by atoms with E-state index in [4.69, 9.17) is 5.73 Å². The van der Waals surface area contributed by atoms with Crippen molar-refractivity contribution in [2.75, 3.05) is 5.32 Å². The average Bonchev–Trinajstić information content (AvgIpc) is 2.55. The number of anilines is 1. The summed E-state index contributed by atoms with van der Waals surface area (Å²) >= 11 is 0. The van der Waals surface area contributed by atoms with Gasteiger partial charge in [0.05, 0.1) is 15.9 Å². The first-order chi connectivity index (χ1) is 11.4. The number of non-ortho nitro benzene ring substituents is 1. The van der Waals surface area contributed by atoms with Crippen LogP contribution in [-0.4, -0.2) is 21.8 Å². The molecule has 3 N–H and O–H groups in total. The predicted molar refractivity (Wildman–Crippen MR) is 86.5 cm³/mol. The Bertz CT molecular complexity index is 779. The molecular formula is C15H14N4O5. The molecule has 0 saturated carbocycles. The number of nitrogens with one attached hydrogen (secondary N) is 1. The van der Waals surface area contributed by atoms with Crippen LogP contribution >= 0.6 is 0 Å². The number of carbonyl (C=O) groups is 1. The summed E-state index contributed by atoms with van der Waals surface area (Å²) in [6.45, 7) is 0. The van der Waals surface area contributed by atoms with E-state index in [-0.39, 0.29) is 12.1 Å². The number of hydrogen-bond donors (Lipinski definition) is 2. The van der Waals surface area contributed by atoms with Gasteiger partial charge in [0.2, 0.25) is 5.91 Å². The number of nitrogens with two attached hydrogens (primary N) is 1. The van der Waals surface area contributed by atoms with Gasteiger partial charge in [-0.15, -0.1) is 0 Å². The van der Waals surface area contributed by atoms with Crippen LogP contribution in [0.25, 0.3) is 0 Å². The highest BCUT2D eigenvalue weighted by atomic mass is 16.6. The van der Waals surface area contributed by atoms with E-state index in [0.717, 1.165) is 17.7 Å². The summed E-state index contributed by atoms with van der Waals surface area (Å²) in [5, 5.41) is 24.6. The Labute approximate surface area is 136 Å². The summed E-state index contributed by atoms with van der Waals surface area (Å²) in [6.07, 6.45) is 0.227. The molecule has 2 rings (SSSR count). The number of benzene rings is 2. The third kappa shape index (κ3) is 4.03. The minimum Gasteiger partial charge on any atom is -0.368 e. The van der Waals surface area contributed by atoms with E-state index in [2.05, 4.69) is 5.32 Å². The molecule has 0 unspecified atom stereocenters. The normalized spacial score (nSPS) is 11.5. The molecule has 0 fully saturated rings. The molecule has 0 aliphatic heterocycles. The fraction of sp³-hybridized carbons (Fsp3) is 0.133. The van der Waals surface area contributed by atoms with Crippen molar-refractivity contribution in [1.82, 2.24) is 0 Å². The molecule has 0 bridgehead atoms. The van der Waals surface area contributed by atoms with Gasteiger partial charge < -0.3 is 11.1 Å².